The molecule has 0 fully saturated rings. The van der Waals surface area contributed by atoms with Crippen LogP contribution in [0, 0.1) is 10.1 Å². The molecule has 0 atom stereocenters. The van der Waals surface area contributed by atoms with E-state index in [1.54, 1.807) is 30.3 Å². The molecule has 0 aliphatic heterocycles. The number of ether oxygens (including phenoxy) is 2. The van der Waals surface area contributed by atoms with Gasteiger partial charge >= 0.3 is 5.97 Å². The zero-order chi connectivity index (χ0) is 19.6. The summed E-state index contributed by atoms with van der Waals surface area (Å²) < 4.78 is 10.2. The molecular formula is C18H17ClN2O6. The van der Waals surface area contributed by atoms with Gasteiger partial charge in [0, 0.05) is 16.7 Å². The van der Waals surface area contributed by atoms with Gasteiger partial charge in [-0.2, -0.15) is 0 Å². The Labute approximate surface area is 160 Å². The van der Waals surface area contributed by atoms with Crippen molar-refractivity contribution in [1.29, 1.82) is 0 Å². The fourth-order valence-corrected chi connectivity index (χ4v) is 2.26. The van der Waals surface area contributed by atoms with Crippen molar-refractivity contribution in [2.75, 3.05) is 19.8 Å². The zero-order valence-corrected chi connectivity index (χ0v) is 15.0. The van der Waals surface area contributed by atoms with Crippen LogP contribution in [-0.2, 0) is 20.7 Å². The fraction of sp³-hybridized carbons (Fsp3) is 0.222. The van der Waals surface area contributed by atoms with Crippen molar-refractivity contribution in [3.05, 3.63) is 69.2 Å². The highest BCUT2D eigenvalue weighted by molar-refractivity contribution is 6.30. The number of hydrogen-bond acceptors (Lipinski definition) is 6. The molecule has 0 bridgehead atoms. The molecule has 0 aliphatic carbocycles. The highest BCUT2D eigenvalue weighted by Gasteiger charge is 2.16. The first kappa shape index (κ1) is 20.2. The first-order chi connectivity index (χ1) is 13.0. The minimum Gasteiger partial charge on any atom is -0.492 e. The predicted molar refractivity (Wildman–Crippen MR) is 97.7 cm³/mol. The maximum atomic E-state index is 11.8. The number of para-hydroxylation sites is 1. The summed E-state index contributed by atoms with van der Waals surface area (Å²) in [7, 11) is 0. The second kappa shape index (κ2) is 10.1. The molecule has 0 heterocycles. The molecule has 0 aromatic heterocycles. The number of amides is 1. The van der Waals surface area contributed by atoms with Crippen molar-refractivity contribution in [3.63, 3.8) is 0 Å². The third-order valence-corrected chi connectivity index (χ3v) is 3.65. The average Bonchev–Trinajstić information content (AvgIpc) is 2.65. The summed E-state index contributed by atoms with van der Waals surface area (Å²) in [4.78, 5) is 33.8. The van der Waals surface area contributed by atoms with E-state index in [9.17, 15) is 19.7 Å². The van der Waals surface area contributed by atoms with Crippen LogP contribution >= 0.6 is 11.6 Å². The third kappa shape index (κ3) is 6.95. The highest BCUT2D eigenvalue weighted by Crippen LogP contribution is 2.18. The van der Waals surface area contributed by atoms with Gasteiger partial charge in [-0.1, -0.05) is 29.8 Å². The van der Waals surface area contributed by atoms with Gasteiger partial charge in [0.25, 0.3) is 11.6 Å². The Hall–Kier alpha value is -3.13. The maximum Gasteiger partial charge on any atom is 0.311 e. The summed E-state index contributed by atoms with van der Waals surface area (Å²) in [5.41, 5.74) is 0.0579. The van der Waals surface area contributed by atoms with E-state index in [0.29, 0.717) is 10.8 Å². The van der Waals surface area contributed by atoms with Crippen LogP contribution in [0.1, 0.15) is 5.56 Å². The summed E-state index contributed by atoms with van der Waals surface area (Å²) in [5.74, 6) is -0.605. The maximum absolute atomic E-state index is 11.8. The lowest BCUT2D eigenvalue weighted by Crippen LogP contribution is -2.32. The molecular weight excluding hydrogens is 376 g/mol. The molecule has 142 valence electrons. The standard InChI is InChI=1S/C18H17ClN2O6/c19-14-5-7-15(8-6-14)26-10-9-20-17(22)12-27-18(23)11-13-3-1-2-4-16(13)21(24)25/h1-8H,9-12H2,(H,20,22). The summed E-state index contributed by atoms with van der Waals surface area (Å²) in [6.45, 7) is -0.0128. The molecule has 0 unspecified atom stereocenters. The molecule has 1 N–H and O–H groups in total. The van der Waals surface area contributed by atoms with Crippen LogP contribution in [0.3, 0.4) is 0 Å². The minimum absolute atomic E-state index is 0.168. The van der Waals surface area contributed by atoms with E-state index in [0.717, 1.165) is 0 Å². The van der Waals surface area contributed by atoms with Crippen molar-refractivity contribution in [2.45, 2.75) is 6.42 Å². The van der Waals surface area contributed by atoms with Crippen molar-refractivity contribution in [2.24, 2.45) is 0 Å². The van der Waals surface area contributed by atoms with Crippen LogP contribution in [0.15, 0.2) is 48.5 Å². The Morgan fingerprint density at radius 1 is 1.11 bits per heavy atom. The quantitative estimate of drug-likeness (QED) is 0.304. The number of hydrogen-bond donors (Lipinski definition) is 1. The molecule has 0 saturated heterocycles. The lowest BCUT2D eigenvalue weighted by molar-refractivity contribution is -0.385. The largest absolute Gasteiger partial charge is 0.492 e. The number of benzene rings is 2. The van der Waals surface area contributed by atoms with Gasteiger partial charge in [-0.15, -0.1) is 0 Å². The number of esters is 1. The van der Waals surface area contributed by atoms with Gasteiger partial charge in [0.05, 0.1) is 17.9 Å². The van der Waals surface area contributed by atoms with Gasteiger partial charge in [-0.3, -0.25) is 19.7 Å². The Bertz CT molecular complexity index is 810. The van der Waals surface area contributed by atoms with Crippen molar-refractivity contribution in [3.8, 4) is 5.75 Å². The number of halogens is 1. The number of nitrogens with one attached hydrogen (secondary N) is 1. The van der Waals surface area contributed by atoms with Crippen molar-refractivity contribution in [1.82, 2.24) is 5.32 Å². The fourth-order valence-electron chi connectivity index (χ4n) is 2.13. The highest BCUT2D eigenvalue weighted by atomic mass is 35.5. The predicted octanol–water partition coefficient (Wildman–Crippen LogP) is 2.53. The number of rotatable bonds is 9. The average molecular weight is 393 g/mol. The summed E-state index contributed by atoms with van der Waals surface area (Å²) >= 11 is 5.76. The van der Waals surface area contributed by atoms with Crippen LogP contribution in [0.25, 0.3) is 0 Å². The SMILES string of the molecule is O=C(COC(=O)Cc1ccccc1[N+](=O)[O-])NCCOc1ccc(Cl)cc1. The smallest absolute Gasteiger partial charge is 0.311 e. The molecule has 2 aromatic carbocycles. The first-order valence-electron chi connectivity index (χ1n) is 7.98. The number of carbonyl (C=O) groups is 2. The van der Waals surface area contributed by atoms with Crippen LogP contribution in [0.4, 0.5) is 5.69 Å². The monoisotopic (exact) mass is 392 g/mol. The van der Waals surface area contributed by atoms with Crippen LogP contribution < -0.4 is 10.1 Å². The second-order valence-corrected chi connectivity index (χ2v) is 5.81. The number of carbonyl (C=O) groups excluding carboxylic acids is 2. The van der Waals surface area contributed by atoms with E-state index in [1.165, 1.54) is 18.2 Å². The van der Waals surface area contributed by atoms with Gasteiger partial charge in [0.1, 0.15) is 12.4 Å². The van der Waals surface area contributed by atoms with E-state index in [4.69, 9.17) is 21.1 Å². The first-order valence-corrected chi connectivity index (χ1v) is 8.36. The number of nitro groups is 1. The van der Waals surface area contributed by atoms with Gasteiger partial charge in [0.15, 0.2) is 6.61 Å². The normalized spacial score (nSPS) is 10.1. The molecule has 0 radical (unpaired) electrons. The van der Waals surface area contributed by atoms with Gasteiger partial charge in [-0.25, -0.2) is 0 Å². The lowest BCUT2D eigenvalue weighted by atomic mass is 10.1. The van der Waals surface area contributed by atoms with E-state index >= 15 is 0 Å². The molecule has 9 heteroatoms. The molecule has 1 amide bonds. The topological polar surface area (TPSA) is 108 Å². The number of nitro benzene ring substituents is 1. The number of nitrogens with zero attached hydrogens (tertiary/aromatic N) is 1. The Balaban J connectivity index is 1.67. The Morgan fingerprint density at radius 3 is 2.52 bits per heavy atom. The molecule has 0 spiro atoms. The molecule has 0 aliphatic rings. The molecule has 0 saturated carbocycles. The lowest BCUT2D eigenvalue weighted by Gasteiger charge is -2.08. The molecule has 2 aromatic rings. The van der Waals surface area contributed by atoms with E-state index in [1.807, 2.05) is 0 Å². The molecule has 2 rings (SSSR count). The van der Waals surface area contributed by atoms with Crippen LogP contribution in [0.5, 0.6) is 5.75 Å². The minimum atomic E-state index is -0.725. The molecule has 27 heavy (non-hydrogen) atoms. The van der Waals surface area contributed by atoms with E-state index < -0.39 is 23.4 Å². The summed E-state index contributed by atoms with van der Waals surface area (Å²) in [6, 6.07) is 12.6. The second-order valence-electron chi connectivity index (χ2n) is 5.38. The van der Waals surface area contributed by atoms with Crippen molar-refractivity contribution < 1.29 is 24.0 Å². The van der Waals surface area contributed by atoms with Crippen LogP contribution in [-0.4, -0.2) is 36.6 Å². The Kier molecular flexibility index (Phi) is 7.57. The van der Waals surface area contributed by atoms with E-state index in [-0.39, 0.29) is 30.8 Å². The van der Waals surface area contributed by atoms with Crippen LogP contribution in [0.2, 0.25) is 5.02 Å². The third-order valence-electron chi connectivity index (χ3n) is 3.39. The van der Waals surface area contributed by atoms with Crippen molar-refractivity contribution >= 4 is 29.2 Å². The van der Waals surface area contributed by atoms with Gasteiger partial charge in [-0.05, 0) is 24.3 Å². The Morgan fingerprint density at radius 2 is 1.81 bits per heavy atom. The van der Waals surface area contributed by atoms with Gasteiger partial charge in [0.2, 0.25) is 0 Å². The summed E-state index contributed by atoms with van der Waals surface area (Å²) in [6.07, 6.45) is -0.288. The molecule has 8 nitrogen and oxygen atoms in total. The van der Waals surface area contributed by atoms with E-state index in [2.05, 4.69) is 5.32 Å². The zero-order valence-electron chi connectivity index (χ0n) is 14.2. The summed E-state index contributed by atoms with van der Waals surface area (Å²) in [5, 5.41) is 14.0. The van der Waals surface area contributed by atoms with Gasteiger partial charge < -0.3 is 14.8 Å².